The Hall–Kier alpha value is -2.68. The first kappa shape index (κ1) is 15.2. The van der Waals surface area contributed by atoms with Crippen molar-refractivity contribution in [3.8, 4) is 11.5 Å². The van der Waals surface area contributed by atoms with Crippen molar-refractivity contribution < 1.29 is 9.47 Å². The molecule has 0 saturated carbocycles. The number of aromatic nitrogens is 4. The molecule has 2 heterocycles. The number of rotatable bonds is 5. The Kier molecular flexibility index (Phi) is 4.11. The van der Waals surface area contributed by atoms with Gasteiger partial charge in [-0.1, -0.05) is 23.5 Å². The molecule has 0 fully saturated rings. The highest BCUT2D eigenvalue weighted by molar-refractivity contribution is 7.20. The van der Waals surface area contributed by atoms with Crippen LogP contribution in [0.25, 0.3) is 4.96 Å². The molecule has 0 bridgehead atoms. The summed E-state index contributed by atoms with van der Waals surface area (Å²) in [5.74, 6) is 1.18. The van der Waals surface area contributed by atoms with Crippen LogP contribution in [0.3, 0.4) is 0 Å². The maximum Gasteiger partial charge on any atom is 0.297 e. The molecule has 9 heteroatoms. The molecular weight excluding hydrogens is 318 g/mol. The van der Waals surface area contributed by atoms with E-state index in [4.69, 9.17) is 9.47 Å². The standard InChI is InChI=1S/C14H15N5O3S/c1-15-13-18-19-12(20)9(16-17-14(19)23-13)7-8-5-4-6-10(21-2)11(8)22-3/h4-6H,7H2,1-3H3,(H,15,18). The number of ether oxygens (including phenoxy) is 2. The Morgan fingerprint density at radius 2 is 2.09 bits per heavy atom. The van der Waals surface area contributed by atoms with Crippen molar-refractivity contribution in [3.05, 3.63) is 39.8 Å². The van der Waals surface area contributed by atoms with Gasteiger partial charge in [0.2, 0.25) is 10.1 Å². The summed E-state index contributed by atoms with van der Waals surface area (Å²) >= 11 is 1.26. The zero-order valence-electron chi connectivity index (χ0n) is 12.9. The lowest BCUT2D eigenvalue weighted by molar-refractivity contribution is 0.352. The second-order valence-electron chi connectivity index (χ2n) is 4.63. The van der Waals surface area contributed by atoms with Crippen molar-refractivity contribution in [3.63, 3.8) is 0 Å². The first-order chi connectivity index (χ1) is 11.2. The summed E-state index contributed by atoms with van der Waals surface area (Å²) in [5.41, 5.74) is 0.793. The van der Waals surface area contributed by atoms with Crippen molar-refractivity contribution in [2.45, 2.75) is 6.42 Å². The second kappa shape index (κ2) is 6.21. The summed E-state index contributed by atoms with van der Waals surface area (Å²) in [4.78, 5) is 13.0. The van der Waals surface area contributed by atoms with Crippen molar-refractivity contribution in [1.29, 1.82) is 0 Å². The number of hydrogen-bond acceptors (Lipinski definition) is 8. The highest BCUT2D eigenvalue weighted by atomic mass is 32.1. The third-order valence-corrected chi connectivity index (χ3v) is 4.23. The molecule has 0 atom stereocenters. The quantitative estimate of drug-likeness (QED) is 0.750. The number of benzene rings is 1. The van der Waals surface area contributed by atoms with Crippen LogP contribution in [0.15, 0.2) is 23.0 Å². The van der Waals surface area contributed by atoms with Gasteiger partial charge < -0.3 is 14.8 Å². The van der Waals surface area contributed by atoms with E-state index in [1.54, 1.807) is 27.3 Å². The molecule has 23 heavy (non-hydrogen) atoms. The number of nitrogens with one attached hydrogen (secondary N) is 1. The average Bonchev–Trinajstić information content (AvgIpc) is 3.01. The van der Waals surface area contributed by atoms with Gasteiger partial charge >= 0.3 is 0 Å². The Morgan fingerprint density at radius 3 is 2.78 bits per heavy atom. The predicted octanol–water partition coefficient (Wildman–Crippen LogP) is 1.20. The van der Waals surface area contributed by atoms with Crippen LogP contribution in [-0.4, -0.2) is 41.1 Å². The van der Waals surface area contributed by atoms with Crippen LogP contribution in [0.5, 0.6) is 11.5 Å². The molecule has 1 aromatic carbocycles. The zero-order chi connectivity index (χ0) is 16.4. The lowest BCUT2D eigenvalue weighted by Gasteiger charge is -2.11. The molecule has 120 valence electrons. The van der Waals surface area contributed by atoms with Gasteiger partial charge in [-0.2, -0.15) is 4.52 Å². The van der Waals surface area contributed by atoms with Crippen LogP contribution in [0.2, 0.25) is 0 Å². The number of anilines is 1. The lowest BCUT2D eigenvalue weighted by Crippen LogP contribution is -2.22. The summed E-state index contributed by atoms with van der Waals surface area (Å²) in [5, 5.41) is 15.8. The minimum absolute atomic E-state index is 0.279. The van der Waals surface area contributed by atoms with Gasteiger partial charge in [-0.15, -0.1) is 15.3 Å². The van der Waals surface area contributed by atoms with Gasteiger partial charge in [0, 0.05) is 19.0 Å². The maximum atomic E-state index is 12.5. The van der Waals surface area contributed by atoms with Crippen LogP contribution in [0.4, 0.5) is 5.13 Å². The summed E-state index contributed by atoms with van der Waals surface area (Å²) in [6.07, 6.45) is 0.279. The van der Waals surface area contributed by atoms with Gasteiger partial charge in [0.1, 0.15) is 5.69 Å². The molecule has 0 radical (unpaired) electrons. The van der Waals surface area contributed by atoms with Crippen molar-refractivity contribution >= 4 is 21.4 Å². The van der Waals surface area contributed by atoms with E-state index in [0.717, 1.165) is 5.56 Å². The van der Waals surface area contributed by atoms with Gasteiger partial charge in [-0.25, -0.2) is 0 Å². The van der Waals surface area contributed by atoms with E-state index in [9.17, 15) is 4.79 Å². The Bertz CT molecular complexity index is 905. The van der Waals surface area contributed by atoms with Crippen LogP contribution < -0.4 is 20.3 Å². The molecule has 0 saturated heterocycles. The van der Waals surface area contributed by atoms with E-state index in [-0.39, 0.29) is 12.0 Å². The van der Waals surface area contributed by atoms with Gasteiger partial charge in [-0.05, 0) is 6.07 Å². The molecule has 8 nitrogen and oxygen atoms in total. The molecule has 0 aliphatic heterocycles. The molecular formula is C14H15N5O3S. The van der Waals surface area contributed by atoms with E-state index in [1.807, 2.05) is 12.1 Å². The molecule has 0 spiro atoms. The smallest absolute Gasteiger partial charge is 0.297 e. The first-order valence-corrected chi connectivity index (χ1v) is 7.62. The predicted molar refractivity (Wildman–Crippen MR) is 86.8 cm³/mol. The monoisotopic (exact) mass is 333 g/mol. The molecule has 2 aromatic heterocycles. The highest BCUT2D eigenvalue weighted by Crippen LogP contribution is 2.31. The zero-order valence-corrected chi connectivity index (χ0v) is 13.7. The minimum Gasteiger partial charge on any atom is -0.493 e. The Labute approximate surface area is 135 Å². The number of methoxy groups -OCH3 is 2. The molecule has 0 aliphatic rings. The van der Waals surface area contributed by atoms with E-state index >= 15 is 0 Å². The van der Waals surface area contributed by atoms with Crippen LogP contribution in [0.1, 0.15) is 11.3 Å². The van der Waals surface area contributed by atoms with E-state index < -0.39 is 0 Å². The van der Waals surface area contributed by atoms with Crippen LogP contribution in [0, 0.1) is 0 Å². The summed E-state index contributed by atoms with van der Waals surface area (Å²) < 4.78 is 11.9. The summed E-state index contributed by atoms with van der Waals surface area (Å²) in [7, 11) is 4.86. The van der Waals surface area contributed by atoms with E-state index in [2.05, 4.69) is 20.6 Å². The Balaban J connectivity index is 2.05. The molecule has 0 aliphatic carbocycles. The summed E-state index contributed by atoms with van der Waals surface area (Å²) in [6, 6.07) is 5.49. The number of nitrogens with zero attached hydrogens (tertiary/aromatic N) is 4. The Morgan fingerprint density at radius 1 is 1.26 bits per heavy atom. The van der Waals surface area contributed by atoms with E-state index in [1.165, 1.54) is 15.9 Å². The third kappa shape index (κ3) is 2.70. The fourth-order valence-corrected chi connectivity index (χ4v) is 2.92. The van der Waals surface area contributed by atoms with Gasteiger partial charge in [0.25, 0.3) is 5.56 Å². The summed E-state index contributed by atoms with van der Waals surface area (Å²) in [6.45, 7) is 0. The lowest BCUT2D eigenvalue weighted by atomic mass is 10.1. The highest BCUT2D eigenvalue weighted by Gasteiger charge is 2.16. The van der Waals surface area contributed by atoms with Crippen molar-refractivity contribution in [1.82, 2.24) is 19.8 Å². The van der Waals surface area contributed by atoms with Gasteiger partial charge in [0.05, 0.1) is 14.2 Å². The van der Waals surface area contributed by atoms with Gasteiger partial charge in [-0.3, -0.25) is 4.79 Å². The number of fused-ring (bicyclic) bond motifs is 1. The topological polar surface area (TPSA) is 90.6 Å². The fraction of sp³-hybridized carbons (Fsp3) is 0.286. The second-order valence-corrected chi connectivity index (χ2v) is 5.59. The first-order valence-electron chi connectivity index (χ1n) is 6.81. The minimum atomic E-state index is -0.294. The fourth-order valence-electron chi connectivity index (χ4n) is 2.23. The molecule has 0 unspecified atom stereocenters. The number of hydrogen-bond donors (Lipinski definition) is 1. The van der Waals surface area contributed by atoms with Crippen molar-refractivity contribution in [2.24, 2.45) is 0 Å². The largest absolute Gasteiger partial charge is 0.493 e. The van der Waals surface area contributed by atoms with Crippen LogP contribution in [-0.2, 0) is 6.42 Å². The third-order valence-electron chi connectivity index (χ3n) is 3.31. The maximum absolute atomic E-state index is 12.5. The molecule has 1 N–H and O–H groups in total. The van der Waals surface area contributed by atoms with Crippen molar-refractivity contribution in [2.75, 3.05) is 26.6 Å². The average molecular weight is 333 g/mol. The molecule has 3 rings (SSSR count). The molecule has 0 amide bonds. The number of para-hydroxylation sites is 1. The van der Waals surface area contributed by atoms with E-state index in [0.29, 0.717) is 27.3 Å². The molecule has 3 aromatic rings. The van der Waals surface area contributed by atoms with Crippen LogP contribution >= 0.6 is 11.3 Å². The van der Waals surface area contributed by atoms with Gasteiger partial charge in [0.15, 0.2) is 11.5 Å². The normalized spacial score (nSPS) is 10.7. The SMILES string of the molecule is CNc1nn2c(=O)c(Cc3cccc(OC)c3OC)nnc2s1.